The first kappa shape index (κ1) is 25.1. The van der Waals surface area contributed by atoms with Gasteiger partial charge in [-0.2, -0.15) is 8.78 Å². The van der Waals surface area contributed by atoms with E-state index in [9.17, 15) is 22.0 Å². The van der Waals surface area contributed by atoms with Crippen LogP contribution in [0.5, 0.6) is 5.75 Å². The zero-order valence-electron chi connectivity index (χ0n) is 18.7. The van der Waals surface area contributed by atoms with Crippen LogP contribution in [0.15, 0.2) is 83.8 Å². The fourth-order valence-corrected chi connectivity index (χ4v) is 4.54. The van der Waals surface area contributed by atoms with Gasteiger partial charge in [0, 0.05) is 19.3 Å². The smallest absolute Gasteiger partial charge is 0.387 e. The predicted octanol–water partition coefficient (Wildman–Crippen LogP) is 4.18. The molecule has 0 bridgehead atoms. The molecular weight excluding hydrogens is 464 g/mol. The van der Waals surface area contributed by atoms with Crippen LogP contribution < -0.4 is 14.4 Å². The van der Waals surface area contributed by atoms with Crippen molar-refractivity contribution in [2.75, 3.05) is 30.3 Å². The van der Waals surface area contributed by atoms with E-state index in [4.69, 9.17) is 0 Å². The van der Waals surface area contributed by atoms with Crippen molar-refractivity contribution in [3.8, 4) is 5.75 Å². The Morgan fingerprint density at radius 2 is 1.68 bits per heavy atom. The number of hydrogen-bond donors (Lipinski definition) is 1. The van der Waals surface area contributed by atoms with Crippen LogP contribution >= 0.6 is 0 Å². The normalized spacial score (nSPS) is 11.5. The molecule has 0 aromatic heterocycles. The van der Waals surface area contributed by atoms with E-state index >= 15 is 0 Å². The Balaban J connectivity index is 1.63. The van der Waals surface area contributed by atoms with Crippen molar-refractivity contribution in [1.82, 2.24) is 4.90 Å². The fourth-order valence-electron chi connectivity index (χ4n) is 3.30. The summed E-state index contributed by atoms with van der Waals surface area (Å²) in [5, 5.41) is 2.70. The van der Waals surface area contributed by atoms with E-state index < -0.39 is 16.6 Å². The Morgan fingerprint density at radius 3 is 2.38 bits per heavy atom. The highest BCUT2D eigenvalue weighted by Gasteiger charge is 2.21. The van der Waals surface area contributed by atoms with Crippen molar-refractivity contribution in [2.45, 2.75) is 18.1 Å². The maximum atomic E-state index is 13.0. The van der Waals surface area contributed by atoms with Crippen molar-refractivity contribution in [3.63, 3.8) is 0 Å². The van der Waals surface area contributed by atoms with Crippen LogP contribution in [0.2, 0.25) is 0 Å². The zero-order chi connectivity index (χ0) is 24.7. The third kappa shape index (κ3) is 6.75. The van der Waals surface area contributed by atoms with Crippen molar-refractivity contribution in [3.05, 3.63) is 84.4 Å². The molecule has 0 spiro atoms. The first-order chi connectivity index (χ1) is 16.1. The maximum absolute atomic E-state index is 13.0. The second-order valence-corrected chi connectivity index (χ2v) is 9.55. The van der Waals surface area contributed by atoms with Crippen LogP contribution in [-0.2, 0) is 21.4 Å². The standard InChI is InChI=1S/C24H25F2N3O4S/c1-28(16-18-8-6-12-21(14-18)33-24(25)26)17-23(30)27-19-9-7-13-22(15-19)34(31,32)29(2)20-10-4-3-5-11-20/h3-15,24H,16-17H2,1-2H3,(H,27,30). The summed E-state index contributed by atoms with van der Waals surface area (Å²) in [6, 6.07) is 20.9. The molecule has 0 atom stereocenters. The summed E-state index contributed by atoms with van der Waals surface area (Å²) in [6.45, 7) is -2.59. The monoisotopic (exact) mass is 489 g/mol. The van der Waals surface area contributed by atoms with Crippen LogP contribution in [0, 0.1) is 0 Å². The summed E-state index contributed by atoms with van der Waals surface area (Å²) in [4.78, 5) is 14.2. The van der Waals surface area contributed by atoms with Crippen molar-refractivity contribution >= 4 is 27.3 Å². The SMILES string of the molecule is CN(CC(=O)Nc1cccc(S(=O)(=O)N(C)c2ccccc2)c1)Cc1cccc(OC(F)F)c1. The first-order valence-electron chi connectivity index (χ1n) is 10.3. The Labute approximate surface area is 197 Å². The average molecular weight is 490 g/mol. The summed E-state index contributed by atoms with van der Waals surface area (Å²) in [7, 11) is -0.652. The van der Waals surface area contributed by atoms with Gasteiger partial charge in [0.05, 0.1) is 17.1 Å². The molecule has 0 heterocycles. The minimum atomic E-state index is -3.82. The van der Waals surface area contributed by atoms with Gasteiger partial charge in [0.2, 0.25) is 5.91 Å². The molecule has 3 aromatic carbocycles. The summed E-state index contributed by atoms with van der Waals surface area (Å²) >= 11 is 0. The molecule has 0 radical (unpaired) electrons. The summed E-state index contributed by atoms with van der Waals surface area (Å²) < 4.78 is 56.4. The summed E-state index contributed by atoms with van der Waals surface area (Å²) in [5.74, 6) is -0.308. The van der Waals surface area contributed by atoms with Gasteiger partial charge in [-0.1, -0.05) is 36.4 Å². The van der Waals surface area contributed by atoms with E-state index in [2.05, 4.69) is 10.1 Å². The van der Waals surface area contributed by atoms with E-state index in [0.717, 1.165) is 0 Å². The van der Waals surface area contributed by atoms with Crippen molar-refractivity contribution < 1.29 is 26.7 Å². The van der Waals surface area contributed by atoms with Gasteiger partial charge in [-0.25, -0.2) is 8.42 Å². The number of likely N-dealkylation sites (N-methyl/N-ethyl adjacent to an activating group) is 1. The highest BCUT2D eigenvalue weighted by atomic mass is 32.2. The lowest BCUT2D eigenvalue weighted by Gasteiger charge is -2.20. The third-order valence-electron chi connectivity index (χ3n) is 4.89. The second kappa shape index (κ2) is 11.1. The number of carbonyl (C=O) groups is 1. The van der Waals surface area contributed by atoms with Gasteiger partial charge in [0.15, 0.2) is 0 Å². The zero-order valence-corrected chi connectivity index (χ0v) is 19.5. The minimum absolute atomic E-state index is 0.000821. The van der Waals surface area contributed by atoms with E-state index in [1.165, 1.54) is 35.6 Å². The number of ether oxygens (including phenoxy) is 1. The van der Waals surface area contributed by atoms with Crippen LogP contribution in [-0.4, -0.2) is 46.5 Å². The van der Waals surface area contributed by atoms with E-state index in [0.29, 0.717) is 23.5 Å². The number of benzene rings is 3. The van der Waals surface area contributed by atoms with Gasteiger partial charge in [-0.3, -0.25) is 14.0 Å². The lowest BCUT2D eigenvalue weighted by Crippen LogP contribution is -2.30. The summed E-state index contributed by atoms with van der Waals surface area (Å²) in [6.07, 6.45) is 0. The van der Waals surface area contributed by atoms with Crippen molar-refractivity contribution in [2.24, 2.45) is 0 Å². The number of hydrogen-bond acceptors (Lipinski definition) is 5. The van der Waals surface area contributed by atoms with Crippen LogP contribution in [0.4, 0.5) is 20.2 Å². The summed E-state index contributed by atoms with van der Waals surface area (Å²) in [5.41, 5.74) is 1.56. The minimum Gasteiger partial charge on any atom is -0.435 e. The number of halogens is 2. The molecule has 3 rings (SSSR count). The van der Waals surface area contributed by atoms with E-state index in [-0.39, 0.29) is 23.1 Å². The van der Waals surface area contributed by atoms with Gasteiger partial charge in [-0.05, 0) is 55.1 Å². The number of nitrogens with one attached hydrogen (secondary N) is 1. The van der Waals surface area contributed by atoms with Crippen molar-refractivity contribution in [1.29, 1.82) is 0 Å². The molecule has 10 heteroatoms. The largest absolute Gasteiger partial charge is 0.435 e. The molecule has 0 saturated carbocycles. The number of anilines is 2. The second-order valence-electron chi connectivity index (χ2n) is 7.58. The van der Waals surface area contributed by atoms with Gasteiger partial charge in [0.1, 0.15) is 5.75 Å². The maximum Gasteiger partial charge on any atom is 0.387 e. The van der Waals surface area contributed by atoms with E-state index in [1.807, 2.05) is 0 Å². The number of rotatable bonds is 10. The lowest BCUT2D eigenvalue weighted by atomic mass is 10.2. The molecule has 1 amide bonds. The van der Waals surface area contributed by atoms with Gasteiger partial charge in [0.25, 0.3) is 10.0 Å². The molecule has 7 nitrogen and oxygen atoms in total. The molecule has 0 unspecified atom stereocenters. The van der Waals surface area contributed by atoms with Gasteiger partial charge in [-0.15, -0.1) is 0 Å². The molecule has 0 aliphatic heterocycles. The molecule has 0 saturated heterocycles. The highest BCUT2D eigenvalue weighted by molar-refractivity contribution is 7.92. The molecule has 0 fully saturated rings. The Kier molecular flexibility index (Phi) is 8.19. The molecule has 1 N–H and O–H groups in total. The highest BCUT2D eigenvalue weighted by Crippen LogP contribution is 2.24. The number of amides is 1. The average Bonchev–Trinajstić information content (AvgIpc) is 2.79. The third-order valence-corrected chi connectivity index (χ3v) is 6.67. The topological polar surface area (TPSA) is 79.0 Å². The number of carbonyl (C=O) groups excluding carboxylic acids is 1. The number of nitrogens with zero attached hydrogens (tertiary/aromatic N) is 2. The van der Waals surface area contributed by atoms with Gasteiger partial charge < -0.3 is 10.1 Å². The molecule has 0 aliphatic carbocycles. The van der Waals surface area contributed by atoms with Crippen LogP contribution in [0.3, 0.4) is 0 Å². The number of sulfonamides is 1. The predicted molar refractivity (Wildman–Crippen MR) is 127 cm³/mol. The van der Waals surface area contributed by atoms with Crippen LogP contribution in [0.1, 0.15) is 5.56 Å². The van der Waals surface area contributed by atoms with E-state index in [1.54, 1.807) is 66.5 Å². The Morgan fingerprint density at radius 1 is 0.971 bits per heavy atom. The molecule has 3 aromatic rings. The Bertz CT molecular complexity index is 1220. The fraction of sp³-hybridized carbons (Fsp3) is 0.208. The molecule has 0 aliphatic rings. The first-order valence-corrected chi connectivity index (χ1v) is 11.8. The van der Waals surface area contributed by atoms with Gasteiger partial charge >= 0.3 is 6.61 Å². The Hall–Kier alpha value is -3.50. The quantitative estimate of drug-likeness (QED) is 0.462. The molecule has 34 heavy (non-hydrogen) atoms. The van der Waals surface area contributed by atoms with Crippen LogP contribution in [0.25, 0.3) is 0 Å². The lowest BCUT2D eigenvalue weighted by molar-refractivity contribution is -0.117. The number of alkyl halides is 2. The molecular formula is C24H25F2N3O4S. The molecule has 180 valence electrons. The number of para-hydroxylation sites is 1.